The van der Waals surface area contributed by atoms with Gasteiger partial charge in [0.15, 0.2) is 0 Å². The number of nitrogens with one attached hydrogen (secondary N) is 2. The van der Waals surface area contributed by atoms with E-state index in [0.29, 0.717) is 53.4 Å². The molecule has 274 valence electrons. The summed E-state index contributed by atoms with van der Waals surface area (Å²) in [6.07, 6.45) is 0.217. The maximum atomic E-state index is 15.2. The Balaban J connectivity index is 1.22. The molecule has 2 amide bonds. The van der Waals surface area contributed by atoms with Crippen LogP contribution in [0.4, 0.5) is 34.7 Å². The molecule has 0 aliphatic carbocycles. The number of alkyl halides is 3. The first-order valence-corrected chi connectivity index (χ1v) is 17.5. The molecule has 2 fully saturated rings. The number of aromatic nitrogens is 1. The van der Waals surface area contributed by atoms with Crippen LogP contribution in [0, 0.1) is 0 Å². The third-order valence-electron chi connectivity index (χ3n) is 9.50. The van der Waals surface area contributed by atoms with Crippen molar-refractivity contribution in [1.82, 2.24) is 15.2 Å². The van der Waals surface area contributed by atoms with Gasteiger partial charge >= 0.3 is 6.18 Å². The number of pyridine rings is 1. The maximum Gasteiger partial charge on any atom is 0.416 e. The molecular weight excluding hydrogens is 676 g/mol. The van der Waals surface area contributed by atoms with E-state index in [4.69, 9.17) is 4.74 Å². The van der Waals surface area contributed by atoms with E-state index < -0.39 is 23.6 Å². The molecule has 0 spiro atoms. The number of halogens is 4. The van der Waals surface area contributed by atoms with Crippen molar-refractivity contribution in [2.24, 2.45) is 0 Å². The van der Waals surface area contributed by atoms with Crippen molar-refractivity contribution in [3.05, 3.63) is 107 Å². The third-order valence-corrected chi connectivity index (χ3v) is 9.50. The van der Waals surface area contributed by atoms with Crippen molar-refractivity contribution >= 4 is 28.9 Å². The number of hydrogen-bond acceptors (Lipinski definition) is 7. The fraction of sp³-hybridized carbons (Fsp3) is 0.359. The molecule has 3 heterocycles. The Hall–Kier alpha value is -5.01. The van der Waals surface area contributed by atoms with Crippen LogP contribution in [0.2, 0.25) is 0 Å². The molecule has 1 atom stereocenters. The molecular formula is C39H42F4N6O3. The topological polar surface area (TPSA) is 90.0 Å². The van der Waals surface area contributed by atoms with Crippen LogP contribution in [0.5, 0.6) is 0 Å². The largest absolute Gasteiger partial charge is 0.416 e. The van der Waals surface area contributed by atoms with Crippen LogP contribution in [-0.2, 0) is 17.5 Å². The Morgan fingerprint density at radius 3 is 2.50 bits per heavy atom. The minimum absolute atomic E-state index is 0.105. The average Bonchev–Trinajstić information content (AvgIpc) is 3.16. The number of benzene rings is 3. The number of amides is 2. The molecule has 3 aromatic carbocycles. The molecule has 9 nitrogen and oxygen atoms in total. The normalized spacial score (nSPS) is 16.7. The van der Waals surface area contributed by atoms with Crippen molar-refractivity contribution in [3.63, 3.8) is 0 Å². The van der Waals surface area contributed by atoms with E-state index in [1.165, 1.54) is 30.5 Å². The first kappa shape index (κ1) is 36.8. The van der Waals surface area contributed by atoms with Gasteiger partial charge in [-0.2, -0.15) is 13.2 Å². The fourth-order valence-electron chi connectivity index (χ4n) is 6.55. The molecule has 0 radical (unpaired) electrons. The number of anilines is 3. The van der Waals surface area contributed by atoms with Crippen molar-refractivity contribution in [1.29, 1.82) is 0 Å². The van der Waals surface area contributed by atoms with Gasteiger partial charge in [0.25, 0.3) is 11.8 Å². The van der Waals surface area contributed by atoms with E-state index >= 15 is 4.48 Å². The number of nitrogens with zero attached hydrogens (tertiary/aromatic N) is 4. The molecule has 0 saturated carbocycles. The van der Waals surface area contributed by atoms with Gasteiger partial charge in [-0.3, -0.25) is 19.5 Å². The van der Waals surface area contributed by atoms with E-state index in [1.807, 2.05) is 12.1 Å². The number of rotatable bonds is 11. The molecule has 2 saturated heterocycles. The highest BCUT2D eigenvalue weighted by molar-refractivity contribution is 6.07. The first-order valence-electron chi connectivity index (χ1n) is 17.5. The Morgan fingerprint density at radius 1 is 0.923 bits per heavy atom. The number of piperidine rings is 1. The monoisotopic (exact) mass is 718 g/mol. The summed E-state index contributed by atoms with van der Waals surface area (Å²) in [7, 11) is 0. The number of ether oxygens (including phenoxy) is 1. The Labute approximate surface area is 300 Å². The van der Waals surface area contributed by atoms with Crippen molar-refractivity contribution in [2.75, 3.05) is 61.3 Å². The molecule has 2 aliphatic heterocycles. The number of hydrogen-bond donors (Lipinski definition) is 2. The SMILES string of the molecule is CC1CCCCN1c1ccc(NC(=O)c2cccc(N(F)CCN3CCOCC3)c2)c(-c2cc(C(=O)NCc3cccc(C(F)(F)F)c3)ccn2)c1. The van der Waals surface area contributed by atoms with Crippen LogP contribution >= 0.6 is 0 Å². The Morgan fingerprint density at radius 2 is 1.71 bits per heavy atom. The summed E-state index contributed by atoms with van der Waals surface area (Å²) in [5.41, 5.74) is 2.68. The predicted octanol–water partition coefficient (Wildman–Crippen LogP) is 7.35. The van der Waals surface area contributed by atoms with Crippen LogP contribution in [0.1, 0.15) is 58.0 Å². The predicted molar refractivity (Wildman–Crippen MR) is 193 cm³/mol. The summed E-state index contributed by atoms with van der Waals surface area (Å²) in [5, 5.41) is 6.31. The molecule has 2 aliphatic rings. The van der Waals surface area contributed by atoms with Gasteiger partial charge in [0.1, 0.15) is 0 Å². The quantitative estimate of drug-likeness (QED) is 0.124. The van der Waals surface area contributed by atoms with E-state index in [9.17, 15) is 22.8 Å². The van der Waals surface area contributed by atoms with E-state index in [1.54, 1.807) is 30.3 Å². The second-order valence-electron chi connectivity index (χ2n) is 13.1. The minimum Gasteiger partial charge on any atom is -0.379 e. The third kappa shape index (κ3) is 9.25. The summed E-state index contributed by atoms with van der Waals surface area (Å²) in [6.45, 7) is 6.34. The maximum absolute atomic E-state index is 15.2. The lowest BCUT2D eigenvalue weighted by Gasteiger charge is -2.35. The van der Waals surface area contributed by atoms with Crippen LogP contribution in [0.25, 0.3) is 11.3 Å². The number of carbonyl (C=O) groups excluding carboxylic acids is 2. The van der Waals surface area contributed by atoms with Gasteiger partial charge in [0.2, 0.25) is 0 Å². The van der Waals surface area contributed by atoms with Gasteiger partial charge < -0.3 is 20.3 Å². The van der Waals surface area contributed by atoms with Gasteiger partial charge in [-0.25, -0.2) is 5.12 Å². The minimum atomic E-state index is -4.49. The highest BCUT2D eigenvalue weighted by Crippen LogP contribution is 2.35. The van der Waals surface area contributed by atoms with Crippen molar-refractivity contribution in [3.8, 4) is 11.3 Å². The van der Waals surface area contributed by atoms with Gasteiger partial charge in [0, 0.05) is 67.3 Å². The standard InChI is InChI=1S/C39H42F4N6O3/c1-27-6-2-3-15-48(27)32-11-12-35(46-38(51)29-8-5-10-33(23-29)49(43)17-16-47-18-20-52-21-19-47)34(25-32)36-24-30(13-14-44-36)37(50)45-26-28-7-4-9-31(22-28)39(40,41)42/h4-5,7-14,22-25,27H,2-3,6,15-21,26H2,1H3,(H,45,50)(H,46,51). The van der Waals surface area contributed by atoms with Gasteiger partial charge in [-0.15, -0.1) is 0 Å². The Bertz CT molecular complexity index is 1870. The lowest BCUT2D eigenvalue weighted by Crippen LogP contribution is -2.40. The lowest BCUT2D eigenvalue weighted by atomic mass is 10.00. The summed E-state index contributed by atoms with van der Waals surface area (Å²) >= 11 is 0. The van der Waals surface area contributed by atoms with Crippen LogP contribution in [-0.4, -0.2) is 73.7 Å². The average molecular weight is 719 g/mol. The van der Waals surface area contributed by atoms with E-state index in [0.717, 1.165) is 56.7 Å². The van der Waals surface area contributed by atoms with E-state index in [-0.39, 0.29) is 29.9 Å². The lowest BCUT2D eigenvalue weighted by molar-refractivity contribution is -0.137. The second-order valence-corrected chi connectivity index (χ2v) is 13.1. The second kappa shape index (κ2) is 16.6. The molecule has 6 rings (SSSR count). The van der Waals surface area contributed by atoms with E-state index in [2.05, 4.69) is 32.3 Å². The summed E-state index contributed by atoms with van der Waals surface area (Å²) in [4.78, 5) is 35.9. The zero-order valence-electron chi connectivity index (χ0n) is 29.0. The van der Waals surface area contributed by atoms with Crippen LogP contribution in [0.15, 0.2) is 85.1 Å². The smallest absolute Gasteiger partial charge is 0.379 e. The molecule has 2 N–H and O–H groups in total. The van der Waals surface area contributed by atoms with Crippen molar-refractivity contribution < 1.29 is 32.0 Å². The van der Waals surface area contributed by atoms with Gasteiger partial charge in [-0.05, 0) is 92.4 Å². The molecule has 13 heteroatoms. The summed E-state index contributed by atoms with van der Waals surface area (Å²) < 4.78 is 60.2. The molecule has 4 aromatic rings. The van der Waals surface area contributed by atoms with Crippen LogP contribution < -0.4 is 20.7 Å². The van der Waals surface area contributed by atoms with Crippen LogP contribution in [0.3, 0.4) is 0 Å². The summed E-state index contributed by atoms with van der Waals surface area (Å²) in [5.74, 6) is -0.938. The molecule has 52 heavy (non-hydrogen) atoms. The number of morpholine rings is 1. The number of carbonyl (C=O) groups is 2. The molecule has 1 aromatic heterocycles. The molecule has 0 bridgehead atoms. The van der Waals surface area contributed by atoms with Crippen molar-refractivity contribution in [2.45, 2.75) is 44.9 Å². The highest BCUT2D eigenvalue weighted by Gasteiger charge is 2.30. The van der Waals surface area contributed by atoms with Gasteiger partial charge in [-0.1, -0.05) is 22.7 Å². The fourth-order valence-corrected chi connectivity index (χ4v) is 6.55. The highest BCUT2D eigenvalue weighted by atomic mass is 19.4. The summed E-state index contributed by atoms with van der Waals surface area (Å²) in [6, 6.07) is 20.3. The Kier molecular flexibility index (Phi) is 11.7. The zero-order valence-corrected chi connectivity index (χ0v) is 29.0. The first-order chi connectivity index (χ1) is 25.0. The van der Waals surface area contributed by atoms with Gasteiger partial charge in [0.05, 0.1) is 42.4 Å². The molecule has 1 unspecified atom stereocenters. The zero-order chi connectivity index (χ0) is 36.7.